The third-order valence-electron chi connectivity index (χ3n) is 2.70. The lowest BCUT2D eigenvalue weighted by Crippen LogP contribution is -2.36. The first-order valence-corrected chi connectivity index (χ1v) is 7.30. The number of ether oxygens (including phenoxy) is 1. The summed E-state index contributed by atoms with van der Waals surface area (Å²) >= 11 is 0. The van der Waals surface area contributed by atoms with E-state index in [4.69, 9.17) is 9.84 Å². The van der Waals surface area contributed by atoms with E-state index in [0.29, 0.717) is 0 Å². The van der Waals surface area contributed by atoms with E-state index >= 15 is 0 Å². The molecule has 0 saturated carbocycles. The van der Waals surface area contributed by atoms with Crippen molar-refractivity contribution in [2.24, 2.45) is 0 Å². The second-order valence-corrected chi connectivity index (χ2v) is 6.39. The van der Waals surface area contributed by atoms with Crippen LogP contribution in [0.4, 0.5) is 4.39 Å². The Morgan fingerprint density at radius 1 is 1.48 bits per heavy atom. The number of halogens is 1. The maximum atomic E-state index is 13.3. The van der Waals surface area contributed by atoms with Crippen molar-refractivity contribution in [3.8, 4) is 0 Å². The van der Waals surface area contributed by atoms with E-state index in [-0.39, 0.29) is 18.0 Å². The Morgan fingerprint density at radius 2 is 2.10 bits per heavy atom. The highest BCUT2D eigenvalue weighted by atomic mass is 32.2. The largest absolute Gasteiger partial charge is 0.478 e. The maximum Gasteiger partial charge on any atom is 0.338 e. The summed E-state index contributed by atoms with van der Waals surface area (Å²) in [6.07, 6.45) is -1.03. The van der Waals surface area contributed by atoms with Crippen LogP contribution in [0.2, 0.25) is 0 Å². The zero-order chi connectivity index (χ0) is 16.2. The number of rotatable bonds is 7. The van der Waals surface area contributed by atoms with E-state index in [1.165, 1.54) is 14.2 Å². The number of sulfonamides is 1. The van der Waals surface area contributed by atoms with Gasteiger partial charge in [-0.05, 0) is 18.2 Å². The molecule has 7 nitrogen and oxygen atoms in total. The van der Waals surface area contributed by atoms with E-state index in [9.17, 15) is 22.7 Å². The maximum absolute atomic E-state index is 13.3. The van der Waals surface area contributed by atoms with Crippen LogP contribution in [0.3, 0.4) is 0 Å². The number of aromatic carboxylic acids is 1. The molecule has 0 aliphatic rings. The first kappa shape index (κ1) is 17.5. The Morgan fingerprint density at radius 3 is 2.62 bits per heavy atom. The summed E-state index contributed by atoms with van der Waals surface area (Å²) < 4.78 is 43.2. The normalized spacial score (nSPS) is 13.4. The van der Waals surface area contributed by atoms with Crippen molar-refractivity contribution in [1.82, 2.24) is 4.31 Å². The van der Waals surface area contributed by atoms with Crippen molar-refractivity contribution in [2.75, 3.05) is 27.3 Å². The second kappa shape index (κ2) is 6.94. The molecular formula is C12H16FNO6S. The zero-order valence-corrected chi connectivity index (χ0v) is 12.3. The van der Waals surface area contributed by atoms with Crippen LogP contribution in [0.1, 0.15) is 10.4 Å². The lowest BCUT2D eigenvalue weighted by Gasteiger charge is -2.20. The van der Waals surface area contributed by atoms with Crippen LogP contribution < -0.4 is 0 Å². The van der Waals surface area contributed by atoms with Gasteiger partial charge in [-0.3, -0.25) is 0 Å². The number of likely N-dealkylation sites (N-methyl/N-ethyl adjacent to an activating group) is 1. The van der Waals surface area contributed by atoms with Crippen molar-refractivity contribution in [1.29, 1.82) is 0 Å². The van der Waals surface area contributed by atoms with Gasteiger partial charge in [0.2, 0.25) is 10.0 Å². The highest BCUT2D eigenvalue weighted by molar-refractivity contribution is 7.89. The highest BCUT2D eigenvalue weighted by Crippen LogP contribution is 2.18. The molecule has 1 aromatic carbocycles. The minimum absolute atomic E-state index is 0.0519. The lowest BCUT2D eigenvalue weighted by molar-refractivity contribution is 0.0554. The number of hydrogen-bond acceptors (Lipinski definition) is 5. The average Bonchev–Trinajstić information content (AvgIpc) is 2.38. The van der Waals surface area contributed by atoms with E-state index in [1.807, 2.05) is 0 Å². The minimum atomic E-state index is -4.04. The molecule has 1 rings (SSSR count). The first-order chi connectivity index (χ1) is 9.70. The van der Waals surface area contributed by atoms with Crippen LogP contribution in [0.5, 0.6) is 0 Å². The molecule has 0 aromatic heterocycles. The Kier molecular flexibility index (Phi) is 5.78. The summed E-state index contributed by atoms with van der Waals surface area (Å²) in [5.74, 6) is -2.59. The number of methoxy groups -OCH3 is 1. The molecule has 0 aliphatic heterocycles. The van der Waals surface area contributed by atoms with Crippen molar-refractivity contribution >= 4 is 16.0 Å². The molecule has 0 bridgehead atoms. The summed E-state index contributed by atoms with van der Waals surface area (Å²) in [5.41, 5.74) is -0.734. The number of aliphatic hydroxyl groups is 1. The fraction of sp³-hybridized carbons (Fsp3) is 0.417. The van der Waals surface area contributed by atoms with Crippen molar-refractivity contribution in [3.63, 3.8) is 0 Å². The van der Waals surface area contributed by atoms with Crippen LogP contribution in [-0.4, -0.2) is 62.3 Å². The van der Waals surface area contributed by atoms with Gasteiger partial charge in [0, 0.05) is 20.7 Å². The van der Waals surface area contributed by atoms with Crippen LogP contribution in [0.25, 0.3) is 0 Å². The van der Waals surface area contributed by atoms with E-state index < -0.39 is 33.5 Å². The Hall–Kier alpha value is -1.55. The molecule has 0 spiro atoms. The Labute approximate surface area is 121 Å². The molecule has 1 atom stereocenters. The number of benzene rings is 1. The van der Waals surface area contributed by atoms with Crippen LogP contribution >= 0.6 is 0 Å². The molecule has 2 N–H and O–H groups in total. The summed E-state index contributed by atoms with van der Waals surface area (Å²) in [4.78, 5) is 10.5. The molecule has 0 fully saturated rings. The molecule has 0 radical (unpaired) electrons. The molecule has 21 heavy (non-hydrogen) atoms. The Balaban J connectivity index is 3.07. The third kappa shape index (κ3) is 4.21. The molecule has 0 saturated heterocycles. The SMILES string of the molecule is COCC(O)CN(C)S(=O)(=O)c1ccc(F)c(C(=O)O)c1. The number of carbonyl (C=O) groups is 1. The minimum Gasteiger partial charge on any atom is -0.478 e. The number of carboxylic acids is 1. The highest BCUT2D eigenvalue weighted by Gasteiger charge is 2.25. The third-order valence-corrected chi connectivity index (χ3v) is 4.52. The topological polar surface area (TPSA) is 104 Å². The van der Waals surface area contributed by atoms with Crippen LogP contribution in [0.15, 0.2) is 23.1 Å². The molecule has 1 unspecified atom stereocenters. The molecule has 0 heterocycles. The van der Waals surface area contributed by atoms with Gasteiger partial charge in [0.05, 0.1) is 23.2 Å². The van der Waals surface area contributed by atoms with Gasteiger partial charge in [0.25, 0.3) is 0 Å². The summed E-state index contributed by atoms with van der Waals surface area (Å²) in [6.45, 7) is -0.292. The van der Waals surface area contributed by atoms with Gasteiger partial charge in [0.1, 0.15) is 5.82 Å². The molecule has 0 aliphatic carbocycles. The molecule has 118 valence electrons. The molecule has 9 heteroatoms. The number of aliphatic hydroxyl groups excluding tert-OH is 1. The van der Waals surface area contributed by atoms with Gasteiger partial charge in [-0.1, -0.05) is 0 Å². The van der Waals surface area contributed by atoms with Gasteiger partial charge >= 0.3 is 5.97 Å². The standard InChI is InChI=1S/C12H16FNO6S/c1-14(6-8(15)7-20-2)21(18,19)9-3-4-11(13)10(5-9)12(16)17/h3-5,8,15H,6-7H2,1-2H3,(H,16,17). The average molecular weight is 321 g/mol. The van der Waals surface area contributed by atoms with Gasteiger partial charge < -0.3 is 14.9 Å². The molecular weight excluding hydrogens is 305 g/mol. The molecule has 0 amide bonds. The zero-order valence-electron chi connectivity index (χ0n) is 11.5. The fourth-order valence-electron chi connectivity index (χ4n) is 1.65. The first-order valence-electron chi connectivity index (χ1n) is 5.86. The lowest BCUT2D eigenvalue weighted by atomic mass is 10.2. The monoisotopic (exact) mass is 321 g/mol. The van der Waals surface area contributed by atoms with Gasteiger partial charge in [-0.25, -0.2) is 17.6 Å². The smallest absolute Gasteiger partial charge is 0.338 e. The predicted octanol–water partition coefficient (Wildman–Crippen LogP) is 0.152. The van der Waals surface area contributed by atoms with Crippen LogP contribution in [0, 0.1) is 5.82 Å². The second-order valence-electron chi connectivity index (χ2n) is 4.34. The van der Waals surface area contributed by atoms with E-state index in [1.54, 1.807) is 0 Å². The van der Waals surface area contributed by atoms with Crippen molar-refractivity contribution in [3.05, 3.63) is 29.6 Å². The summed E-state index contributed by atoms with van der Waals surface area (Å²) in [6, 6.07) is 2.48. The quantitative estimate of drug-likeness (QED) is 0.741. The van der Waals surface area contributed by atoms with Gasteiger partial charge in [0.15, 0.2) is 0 Å². The van der Waals surface area contributed by atoms with Gasteiger partial charge in [-0.2, -0.15) is 4.31 Å². The molecule has 1 aromatic rings. The van der Waals surface area contributed by atoms with Crippen LogP contribution in [-0.2, 0) is 14.8 Å². The fourth-order valence-corrected chi connectivity index (χ4v) is 2.88. The summed E-state index contributed by atoms with van der Waals surface area (Å²) in [7, 11) is -1.46. The van der Waals surface area contributed by atoms with Gasteiger partial charge in [-0.15, -0.1) is 0 Å². The predicted molar refractivity (Wildman–Crippen MR) is 71.1 cm³/mol. The number of nitrogens with zero attached hydrogens (tertiary/aromatic N) is 1. The number of hydrogen-bond donors (Lipinski definition) is 2. The number of carboxylic acid groups (broad SMARTS) is 1. The van der Waals surface area contributed by atoms with E-state index in [2.05, 4.69) is 0 Å². The van der Waals surface area contributed by atoms with Crippen molar-refractivity contribution in [2.45, 2.75) is 11.0 Å². The Bertz CT molecular complexity index is 618. The summed E-state index contributed by atoms with van der Waals surface area (Å²) in [5, 5.41) is 18.3. The van der Waals surface area contributed by atoms with Crippen molar-refractivity contribution < 1.29 is 32.6 Å². The van der Waals surface area contributed by atoms with E-state index in [0.717, 1.165) is 22.5 Å².